The molecule has 0 amide bonds. The second-order valence-corrected chi connectivity index (χ2v) is 8.24. The van der Waals surface area contributed by atoms with Gasteiger partial charge in [-0.25, -0.2) is 0 Å². The van der Waals surface area contributed by atoms with E-state index < -0.39 is 0 Å². The molecule has 0 spiro atoms. The maximum atomic E-state index is 10.5. The number of halogens is 1. The van der Waals surface area contributed by atoms with Crippen molar-refractivity contribution in [3.8, 4) is 5.75 Å². The Morgan fingerprint density at radius 1 is 0.964 bits per heavy atom. The van der Waals surface area contributed by atoms with E-state index in [1.807, 2.05) is 24.3 Å². The molecule has 1 aliphatic heterocycles. The molecule has 0 fully saturated rings. The molecule has 3 aromatic rings. The van der Waals surface area contributed by atoms with Crippen molar-refractivity contribution in [1.82, 2.24) is 5.32 Å². The summed E-state index contributed by atoms with van der Waals surface area (Å²) >= 11 is 3.53. The topological polar surface area (TPSA) is 44.6 Å². The highest BCUT2D eigenvalue weighted by molar-refractivity contribution is 9.10. The van der Waals surface area contributed by atoms with Gasteiger partial charge in [0.25, 0.3) is 0 Å². The van der Waals surface area contributed by atoms with Gasteiger partial charge in [0.05, 0.1) is 0 Å². The fourth-order valence-electron chi connectivity index (χ4n) is 3.68. The Bertz CT molecular complexity index is 1030. The van der Waals surface area contributed by atoms with Crippen LogP contribution in [0.15, 0.2) is 76.2 Å². The number of benzene rings is 3. The minimum atomic E-state index is -0.158. The molecular formula is C24H23BrN2O. The molecule has 4 rings (SSSR count). The number of rotatable bonds is 3. The van der Waals surface area contributed by atoms with E-state index >= 15 is 0 Å². The molecule has 2 atom stereocenters. The molecule has 0 aliphatic carbocycles. The number of phenolic OH excluding ortho intramolecular Hbond substituents is 1. The zero-order valence-corrected chi connectivity index (χ0v) is 17.6. The van der Waals surface area contributed by atoms with E-state index in [2.05, 4.69) is 71.5 Å². The van der Waals surface area contributed by atoms with E-state index in [0.717, 1.165) is 33.3 Å². The van der Waals surface area contributed by atoms with Crippen LogP contribution < -0.4 is 5.32 Å². The number of nitrogens with zero attached hydrogens (tertiary/aromatic N) is 1. The molecular weight excluding hydrogens is 412 g/mol. The van der Waals surface area contributed by atoms with Gasteiger partial charge in [0, 0.05) is 28.2 Å². The van der Waals surface area contributed by atoms with Crippen LogP contribution in [0.25, 0.3) is 0 Å². The lowest BCUT2D eigenvalue weighted by atomic mass is 9.92. The summed E-state index contributed by atoms with van der Waals surface area (Å²) in [6.45, 7) is 4.20. The molecule has 1 aliphatic rings. The quantitative estimate of drug-likeness (QED) is 0.531. The monoisotopic (exact) mass is 434 g/mol. The van der Waals surface area contributed by atoms with Gasteiger partial charge in [0.1, 0.15) is 11.9 Å². The molecule has 1 heterocycles. The largest absolute Gasteiger partial charge is 0.508 e. The zero-order chi connectivity index (χ0) is 19.7. The van der Waals surface area contributed by atoms with Crippen LogP contribution in [0.4, 0.5) is 0 Å². The highest BCUT2D eigenvalue weighted by Gasteiger charge is 2.28. The molecule has 0 bridgehead atoms. The normalized spacial score (nSPS) is 19.3. The fraction of sp³-hybridized carbons (Fsp3) is 0.208. The molecule has 4 heteroatoms. The molecule has 3 nitrogen and oxygen atoms in total. The summed E-state index contributed by atoms with van der Waals surface area (Å²) in [5, 5.41) is 14.1. The van der Waals surface area contributed by atoms with Crippen LogP contribution in [0.2, 0.25) is 0 Å². The Morgan fingerprint density at radius 2 is 1.71 bits per heavy atom. The van der Waals surface area contributed by atoms with Gasteiger partial charge in [0.2, 0.25) is 0 Å². The Kier molecular flexibility index (Phi) is 5.33. The first-order chi connectivity index (χ1) is 13.5. The lowest BCUT2D eigenvalue weighted by Gasteiger charge is -2.31. The number of nitrogens with one attached hydrogen (secondary N) is 1. The van der Waals surface area contributed by atoms with Crippen LogP contribution in [-0.2, 0) is 0 Å². The Hall–Kier alpha value is -2.43. The minimum absolute atomic E-state index is 0.0316. The van der Waals surface area contributed by atoms with Crippen LogP contribution in [0.5, 0.6) is 5.75 Å². The summed E-state index contributed by atoms with van der Waals surface area (Å²) in [6, 6.07) is 22.4. The van der Waals surface area contributed by atoms with E-state index in [9.17, 15) is 5.11 Å². The predicted molar refractivity (Wildman–Crippen MR) is 118 cm³/mol. The minimum Gasteiger partial charge on any atom is -0.508 e. The van der Waals surface area contributed by atoms with Gasteiger partial charge >= 0.3 is 0 Å². The molecule has 3 aromatic carbocycles. The fourth-order valence-corrected chi connectivity index (χ4v) is 4.06. The van der Waals surface area contributed by atoms with Gasteiger partial charge < -0.3 is 5.11 Å². The molecule has 28 heavy (non-hydrogen) atoms. The highest BCUT2D eigenvalue weighted by Crippen LogP contribution is 2.36. The molecule has 0 saturated heterocycles. The van der Waals surface area contributed by atoms with Crippen molar-refractivity contribution >= 4 is 21.6 Å². The first-order valence-corrected chi connectivity index (χ1v) is 10.2. The second kappa shape index (κ2) is 7.90. The standard InChI is InChI=1S/C24H23BrN2O/c1-15-7-9-17(10-8-15)21-14-22(20-13-18(25)11-12-23(20)28)27-24(26-21)19-6-4-3-5-16(19)2/h3-13,22,24,27-28H,14H2,1-2H3/t22-,24+/m0/s1. The van der Waals surface area contributed by atoms with Gasteiger partial charge in [-0.2, -0.15) is 0 Å². The zero-order valence-electron chi connectivity index (χ0n) is 16.0. The van der Waals surface area contributed by atoms with Gasteiger partial charge in [-0.1, -0.05) is 70.0 Å². The van der Waals surface area contributed by atoms with E-state index in [1.165, 1.54) is 11.1 Å². The lowest BCUT2D eigenvalue weighted by Crippen LogP contribution is -2.33. The van der Waals surface area contributed by atoms with Gasteiger partial charge in [-0.05, 0) is 48.7 Å². The highest BCUT2D eigenvalue weighted by atomic mass is 79.9. The Labute approximate surface area is 174 Å². The first kappa shape index (κ1) is 18.9. The summed E-state index contributed by atoms with van der Waals surface area (Å²) in [5.74, 6) is 0.300. The van der Waals surface area contributed by atoms with Crippen molar-refractivity contribution in [2.45, 2.75) is 32.5 Å². The summed E-state index contributed by atoms with van der Waals surface area (Å²) in [5.41, 5.74) is 6.65. The van der Waals surface area contributed by atoms with Crippen molar-refractivity contribution in [2.24, 2.45) is 4.99 Å². The van der Waals surface area contributed by atoms with Crippen molar-refractivity contribution in [2.75, 3.05) is 0 Å². The molecule has 0 saturated carbocycles. The summed E-state index contributed by atoms with van der Waals surface area (Å²) in [6.07, 6.45) is 0.560. The third-order valence-corrected chi connectivity index (χ3v) is 5.77. The molecule has 0 radical (unpaired) electrons. The summed E-state index contributed by atoms with van der Waals surface area (Å²) in [7, 11) is 0. The predicted octanol–water partition coefficient (Wildman–Crippen LogP) is 5.99. The van der Waals surface area contributed by atoms with Crippen LogP contribution >= 0.6 is 15.9 Å². The van der Waals surface area contributed by atoms with Gasteiger partial charge in [-0.3, -0.25) is 10.3 Å². The lowest BCUT2D eigenvalue weighted by molar-refractivity contribution is 0.412. The second-order valence-electron chi connectivity index (χ2n) is 7.33. The average molecular weight is 435 g/mol. The maximum absolute atomic E-state index is 10.5. The van der Waals surface area contributed by atoms with Crippen molar-refractivity contribution in [3.63, 3.8) is 0 Å². The van der Waals surface area contributed by atoms with Gasteiger partial charge in [-0.15, -0.1) is 0 Å². The van der Waals surface area contributed by atoms with Crippen LogP contribution in [0, 0.1) is 13.8 Å². The van der Waals surface area contributed by atoms with E-state index in [4.69, 9.17) is 4.99 Å². The van der Waals surface area contributed by atoms with Crippen LogP contribution in [0.1, 0.15) is 46.4 Å². The van der Waals surface area contributed by atoms with Gasteiger partial charge in [0.15, 0.2) is 0 Å². The average Bonchev–Trinajstić information content (AvgIpc) is 2.70. The molecule has 0 unspecified atom stereocenters. The van der Waals surface area contributed by atoms with Crippen LogP contribution in [-0.4, -0.2) is 10.8 Å². The SMILES string of the molecule is Cc1ccc(C2=N[C@@H](c3ccccc3C)N[C@H](c3cc(Br)ccc3O)C2)cc1. The third kappa shape index (κ3) is 3.89. The van der Waals surface area contributed by atoms with Crippen LogP contribution in [0.3, 0.4) is 0 Å². The number of aromatic hydroxyl groups is 1. The number of hydrogen-bond donors (Lipinski definition) is 2. The Balaban J connectivity index is 1.79. The number of aliphatic imine (C=N–C) groups is 1. The van der Waals surface area contributed by atoms with Crippen molar-refractivity contribution in [1.29, 1.82) is 0 Å². The van der Waals surface area contributed by atoms with Crippen molar-refractivity contribution < 1.29 is 5.11 Å². The van der Waals surface area contributed by atoms with Crippen molar-refractivity contribution in [3.05, 3.63) is 99.0 Å². The van der Waals surface area contributed by atoms with E-state index in [0.29, 0.717) is 5.75 Å². The summed E-state index contributed by atoms with van der Waals surface area (Å²) in [4.78, 5) is 5.05. The van der Waals surface area contributed by atoms with E-state index in [1.54, 1.807) is 6.07 Å². The molecule has 0 aromatic heterocycles. The third-order valence-electron chi connectivity index (χ3n) is 5.27. The molecule has 2 N–H and O–H groups in total. The maximum Gasteiger partial charge on any atom is 0.126 e. The first-order valence-electron chi connectivity index (χ1n) is 9.45. The number of phenols is 1. The molecule has 142 valence electrons. The van der Waals surface area contributed by atoms with E-state index in [-0.39, 0.29) is 12.2 Å². The number of aryl methyl sites for hydroxylation is 2. The smallest absolute Gasteiger partial charge is 0.126 e. The summed E-state index contributed by atoms with van der Waals surface area (Å²) < 4.78 is 0.953. The Morgan fingerprint density at radius 3 is 2.46 bits per heavy atom. The number of hydrogen-bond acceptors (Lipinski definition) is 3.